The van der Waals surface area contributed by atoms with Gasteiger partial charge in [-0.15, -0.1) is 0 Å². The lowest BCUT2D eigenvalue weighted by Crippen LogP contribution is -2.25. The number of ether oxygens (including phenoxy) is 1. The van der Waals surface area contributed by atoms with Gasteiger partial charge in [0.15, 0.2) is 0 Å². The zero-order chi connectivity index (χ0) is 25.2. The van der Waals surface area contributed by atoms with Crippen molar-refractivity contribution in [3.63, 3.8) is 0 Å². The van der Waals surface area contributed by atoms with Crippen molar-refractivity contribution in [2.45, 2.75) is 24.7 Å². The third kappa shape index (κ3) is 5.23. The lowest BCUT2D eigenvalue weighted by atomic mass is 10.2. The lowest BCUT2D eigenvalue weighted by molar-refractivity contribution is -0.116. The largest absolute Gasteiger partial charge is 0.495 e. The molecule has 0 atom stereocenters. The zero-order valence-corrected chi connectivity index (χ0v) is 20.0. The van der Waals surface area contributed by atoms with E-state index in [0.717, 1.165) is 5.56 Å². The molecule has 0 saturated carbocycles. The fourth-order valence-corrected chi connectivity index (χ4v) is 4.46. The predicted molar refractivity (Wildman–Crippen MR) is 133 cm³/mol. The summed E-state index contributed by atoms with van der Waals surface area (Å²) in [6.45, 7) is 1.96. The lowest BCUT2D eigenvalue weighted by Gasteiger charge is -2.14. The Kier molecular flexibility index (Phi) is 6.68. The number of nitrogens with zero attached hydrogens (tertiary/aromatic N) is 2. The van der Waals surface area contributed by atoms with Crippen LogP contribution in [0.4, 0.5) is 5.69 Å². The number of primary sulfonamides is 1. The molecule has 180 valence electrons. The van der Waals surface area contributed by atoms with Crippen LogP contribution in [0.15, 0.2) is 76.4 Å². The van der Waals surface area contributed by atoms with Crippen molar-refractivity contribution < 1.29 is 17.9 Å². The van der Waals surface area contributed by atoms with Crippen molar-refractivity contribution in [2.75, 3.05) is 12.4 Å². The van der Waals surface area contributed by atoms with E-state index in [4.69, 9.17) is 9.88 Å². The van der Waals surface area contributed by atoms with Gasteiger partial charge < -0.3 is 10.1 Å². The molecule has 3 aromatic carbocycles. The van der Waals surface area contributed by atoms with Gasteiger partial charge in [-0.25, -0.2) is 18.5 Å². The maximum atomic E-state index is 13.3. The van der Waals surface area contributed by atoms with Crippen molar-refractivity contribution in [1.29, 1.82) is 0 Å². The molecule has 0 radical (unpaired) electrons. The number of aryl methyl sites for hydroxylation is 2. The first-order valence-corrected chi connectivity index (χ1v) is 12.3. The van der Waals surface area contributed by atoms with Crippen molar-refractivity contribution in [3.05, 3.63) is 88.5 Å². The number of fused-ring (bicyclic) bond motifs is 1. The molecule has 0 saturated heterocycles. The minimum absolute atomic E-state index is 0.00732. The van der Waals surface area contributed by atoms with Crippen molar-refractivity contribution in [1.82, 2.24) is 9.55 Å². The van der Waals surface area contributed by atoms with E-state index in [1.807, 2.05) is 31.2 Å². The van der Waals surface area contributed by atoms with Gasteiger partial charge in [-0.1, -0.05) is 29.8 Å². The number of amides is 1. The number of hydrogen-bond acceptors (Lipinski definition) is 6. The summed E-state index contributed by atoms with van der Waals surface area (Å²) in [5, 5.41) is 8.39. The number of aromatic nitrogens is 2. The Bertz CT molecular complexity index is 1580. The third-order valence-corrected chi connectivity index (χ3v) is 6.40. The molecule has 0 aliphatic rings. The standard InChI is InChI=1S/C25H24N4O5S/c1-16-7-10-18(11-8-16)29-23(28-20-6-4-3-5-19(20)25(29)31)13-14-24(30)27-17-9-12-21(34-2)22(15-17)35(26,32)33/h3-12,15H,13-14H2,1-2H3,(H,27,30)(H2,26,32,33). The monoisotopic (exact) mass is 492 g/mol. The normalized spacial score (nSPS) is 11.4. The summed E-state index contributed by atoms with van der Waals surface area (Å²) < 4.78 is 30.2. The van der Waals surface area contributed by atoms with Crippen LogP contribution < -0.4 is 20.8 Å². The maximum Gasteiger partial charge on any atom is 0.265 e. The second-order valence-corrected chi connectivity index (χ2v) is 9.51. The molecule has 4 aromatic rings. The second kappa shape index (κ2) is 9.69. The van der Waals surface area contributed by atoms with Crippen LogP contribution in [0, 0.1) is 6.92 Å². The summed E-state index contributed by atoms with van der Waals surface area (Å²) in [5.74, 6) is 0.133. The number of nitrogens with one attached hydrogen (secondary N) is 1. The summed E-state index contributed by atoms with van der Waals surface area (Å²) in [5.41, 5.74) is 2.28. The predicted octanol–water partition coefficient (Wildman–Crippen LogP) is 2.92. The number of carbonyl (C=O) groups excluding carboxylic acids is 1. The molecule has 0 unspecified atom stereocenters. The van der Waals surface area contributed by atoms with Crippen LogP contribution in [0.2, 0.25) is 0 Å². The highest BCUT2D eigenvalue weighted by molar-refractivity contribution is 7.89. The molecule has 9 nitrogen and oxygen atoms in total. The number of para-hydroxylation sites is 1. The zero-order valence-electron chi connectivity index (χ0n) is 19.2. The van der Waals surface area contributed by atoms with Crippen LogP contribution in [0.1, 0.15) is 17.8 Å². The van der Waals surface area contributed by atoms with E-state index in [0.29, 0.717) is 22.4 Å². The number of carbonyl (C=O) groups is 1. The molecule has 0 aliphatic heterocycles. The highest BCUT2D eigenvalue weighted by Gasteiger charge is 2.17. The SMILES string of the molecule is COc1ccc(NC(=O)CCc2nc3ccccc3c(=O)n2-c2ccc(C)cc2)cc1S(N)(=O)=O. The Hall–Kier alpha value is -4.02. The molecular weight excluding hydrogens is 468 g/mol. The summed E-state index contributed by atoms with van der Waals surface area (Å²) in [4.78, 5) is 30.4. The highest BCUT2D eigenvalue weighted by Crippen LogP contribution is 2.26. The molecule has 35 heavy (non-hydrogen) atoms. The molecule has 3 N–H and O–H groups in total. The summed E-state index contributed by atoms with van der Waals surface area (Å²) in [6, 6.07) is 18.7. The van der Waals surface area contributed by atoms with E-state index in [2.05, 4.69) is 10.3 Å². The quantitative estimate of drug-likeness (QED) is 0.408. The Balaban J connectivity index is 1.63. The van der Waals surface area contributed by atoms with Gasteiger partial charge in [-0.2, -0.15) is 0 Å². The van der Waals surface area contributed by atoms with Gasteiger partial charge in [0.25, 0.3) is 5.56 Å². The first kappa shape index (κ1) is 24.1. The van der Waals surface area contributed by atoms with Crippen molar-refractivity contribution in [3.8, 4) is 11.4 Å². The average molecular weight is 493 g/mol. The summed E-state index contributed by atoms with van der Waals surface area (Å²) in [6.07, 6.45) is 0.186. The van der Waals surface area contributed by atoms with E-state index in [9.17, 15) is 18.0 Å². The van der Waals surface area contributed by atoms with E-state index in [-0.39, 0.29) is 40.6 Å². The van der Waals surface area contributed by atoms with Crippen LogP contribution in [0.25, 0.3) is 16.6 Å². The molecule has 0 aliphatic carbocycles. The Morgan fingerprint density at radius 3 is 2.49 bits per heavy atom. The number of benzene rings is 3. The van der Waals surface area contributed by atoms with Crippen LogP contribution in [-0.2, 0) is 21.2 Å². The highest BCUT2D eigenvalue weighted by atomic mass is 32.2. The number of hydrogen-bond donors (Lipinski definition) is 2. The average Bonchev–Trinajstić information content (AvgIpc) is 2.83. The van der Waals surface area contributed by atoms with Crippen LogP contribution in [0.5, 0.6) is 5.75 Å². The molecule has 0 spiro atoms. The molecule has 0 bridgehead atoms. The topological polar surface area (TPSA) is 133 Å². The number of anilines is 1. The number of rotatable bonds is 7. The van der Waals surface area contributed by atoms with E-state index in [1.165, 1.54) is 29.9 Å². The van der Waals surface area contributed by atoms with Gasteiger partial charge in [-0.3, -0.25) is 14.2 Å². The summed E-state index contributed by atoms with van der Waals surface area (Å²) in [7, 11) is -2.72. The minimum Gasteiger partial charge on any atom is -0.495 e. The van der Waals surface area contributed by atoms with Gasteiger partial charge in [-0.05, 0) is 49.4 Å². The smallest absolute Gasteiger partial charge is 0.265 e. The summed E-state index contributed by atoms with van der Waals surface area (Å²) >= 11 is 0. The Labute approximate surface area is 202 Å². The molecule has 10 heteroatoms. The van der Waals surface area contributed by atoms with Crippen LogP contribution in [0.3, 0.4) is 0 Å². The minimum atomic E-state index is -4.05. The van der Waals surface area contributed by atoms with Gasteiger partial charge in [0.1, 0.15) is 16.5 Å². The van der Waals surface area contributed by atoms with E-state index < -0.39 is 10.0 Å². The Morgan fingerprint density at radius 2 is 1.80 bits per heavy atom. The number of nitrogens with two attached hydrogens (primary N) is 1. The molecule has 1 heterocycles. The first-order valence-electron chi connectivity index (χ1n) is 10.8. The second-order valence-electron chi connectivity index (χ2n) is 7.98. The molecular formula is C25H24N4O5S. The van der Waals surface area contributed by atoms with Gasteiger partial charge in [0.2, 0.25) is 15.9 Å². The van der Waals surface area contributed by atoms with Gasteiger partial charge in [0.05, 0.1) is 23.7 Å². The first-order chi connectivity index (χ1) is 16.7. The fraction of sp³-hybridized carbons (Fsp3) is 0.160. The van der Waals surface area contributed by atoms with Crippen molar-refractivity contribution >= 4 is 32.5 Å². The number of sulfonamides is 1. The fourth-order valence-electron chi connectivity index (χ4n) is 3.73. The molecule has 0 fully saturated rings. The maximum absolute atomic E-state index is 13.3. The van der Waals surface area contributed by atoms with Crippen LogP contribution >= 0.6 is 0 Å². The third-order valence-electron chi connectivity index (χ3n) is 5.47. The van der Waals surface area contributed by atoms with Crippen LogP contribution in [-0.4, -0.2) is 31.0 Å². The molecule has 1 aromatic heterocycles. The van der Waals surface area contributed by atoms with Gasteiger partial charge in [0, 0.05) is 18.5 Å². The van der Waals surface area contributed by atoms with E-state index in [1.54, 1.807) is 24.3 Å². The Morgan fingerprint density at radius 1 is 1.09 bits per heavy atom. The molecule has 4 rings (SSSR count). The van der Waals surface area contributed by atoms with Crippen molar-refractivity contribution in [2.24, 2.45) is 5.14 Å². The van der Waals surface area contributed by atoms with Gasteiger partial charge >= 0.3 is 0 Å². The van der Waals surface area contributed by atoms with E-state index >= 15 is 0 Å². The molecule has 1 amide bonds. The number of methoxy groups -OCH3 is 1.